The Morgan fingerprint density at radius 3 is 2.48 bits per heavy atom. The first kappa shape index (κ1) is 15.9. The van der Waals surface area contributed by atoms with Crippen LogP contribution in [0.15, 0.2) is 42.5 Å². The highest BCUT2D eigenvalue weighted by Crippen LogP contribution is 2.29. The van der Waals surface area contributed by atoms with Gasteiger partial charge in [-0.2, -0.15) is 0 Å². The van der Waals surface area contributed by atoms with Gasteiger partial charge in [0.15, 0.2) is 0 Å². The first-order chi connectivity index (χ1) is 10.1. The summed E-state index contributed by atoms with van der Waals surface area (Å²) < 4.78 is 5.86. The second-order valence-electron chi connectivity index (χ2n) is 5.46. The summed E-state index contributed by atoms with van der Waals surface area (Å²) in [6, 6.07) is 14.5. The third kappa shape index (κ3) is 4.76. The maximum Gasteiger partial charge on any atom is 0.140 e. The second-order valence-corrected chi connectivity index (χ2v) is 5.87. The molecule has 2 aromatic rings. The van der Waals surface area contributed by atoms with Crippen LogP contribution in [0.5, 0.6) is 5.75 Å². The van der Waals surface area contributed by atoms with E-state index >= 15 is 0 Å². The molecule has 0 saturated carbocycles. The first-order valence-electron chi connectivity index (χ1n) is 7.18. The molecule has 0 atom stereocenters. The molecule has 21 heavy (non-hydrogen) atoms. The third-order valence-corrected chi connectivity index (χ3v) is 3.67. The van der Waals surface area contributed by atoms with Crippen molar-refractivity contribution in [2.45, 2.75) is 20.4 Å². The molecular formula is C18H22ClNO. The molecule has 0 unspecified atom stereocenters. The molecular weight excluding hydrogens is 282 g/mol. The van der Waals surface area contributed by atoms with Crippen molar-refractivity contribution in [3.05, 3.63) is 64.2 Å². The molecule has 0 spiro atoms. The summed E-state index contributed by atoms with van der Waals surface area (Å²) in [5.74, 6) is 0.801. The van der Waals surface area contributed by atoms with Crippen molar-refractivity contribution in [1.29, 1.82) is 0 Å². The summed E-state index contributed by atoms with van der Waals surface area (Å²) in [4.78, 5) is 2.24. The molecule has 2 rings (SSSR count). The van der Waals surface area contributed by atoms with Crippen LogP contribution < -0.4 is 4.74 Å². The van der Waals surface area contributed by atoms with Crippen LogP contribution in [0.1, 0.15) is 16.7 Å². The summed E-state index contributed by atoms with van der Waals surface area (Å²) in [5, 5.41) is 0.693. The van der Waals surface area contributed by atoms with E-state index in [1.165, 1.54) is 5.56 Å². The van der Waals surface area contributed by atoms with E-state index < -0.39 is 0 Å². The van der Waals surface area contributed by atoms with Crippen LogP contribution in [-0.4, -0.2) is 25.1 Å². The van der Waals surface area contributed by atoms with Gasteiger partial charge in [0.25, 0.3) is 0 Å². The molecule has 0 fully saturated rings. The van der Waals surface area contributed by atoms with Gasteiger partial charge in [0, 0.05) is 13.1 Å². The Bertz CT molecular complexity index is 560. The Labute approximate surface area is 132 Å². The summed E-state index contributed by atoms with van der Waals surface area (Å²) in [6.45, 7) is 6.48. The number of ether oxygens (including phenoxy) is 1. The Balaban J connectivity index is 1.84. The monoisotopic (exact) mass is 303 g/mol. The van der Waals surface area contributed by atoms with E-state index in [-0.39, 0.29) is 0 Å². The molecule has 2 nitrogen and oxygen atoms in total. The van der Waals surface area contributed by atoms with Crippen LogP contribution >= 0.6 is 11.6 Å². The van der Waals surface area contributed by atoms with Gasteiger partial charge >= 0.3 is 0 Å². The zero-order chi connectivity index (χ0) is 15.2. The van der Waals surface area contributed by atoms with Crippen molar-refractivity contribution >= 4 is 11.6 Å². The molecule has 0 bridgehead atoms. The van der Waals surface area contributed by atoms with E-state index in [2.05, 4.69) is 42.3 Å². The number of aryl methyl sites for hydroxylation is 2. The van der Waals surface area contributed by atoms with Crippen LogP contribution in [0, 0.1) is 13.8 Å². The van der Waals surface area contributed by atoms with Crippen LogP contribution in [0.2, 0.25) is 5.02 Å². The van der Waals surface area contributed by atoms with E-state index in [4.69, 9.17) is 16.3 Å². The average molecular weight is 304 g/mol. The van der Waals surface area contributed by atoms with Gasteiger partial charge in [-0.05, 0) is 43.7 Å². The topological polar surface area (TPSA) is 12.5 Å². The van der Waals surface area contributed by atoms with Crippen LogP contribution in [0.4, 0.5) is 0 Å². The lowest BCUT2D eigenvalue weighted by Gasteiger charge is -2.18. The summed E-state index contributed by atoms with van der Waals surface area (Å²) >= 11 is 6.24. The van der Waals surface area contributed by atoms with Crippen molar-refractivity contribution in [2.24, 2.45) is 0 Å². The number of hydrogen-bond donors (Lipinski definition) is 0. The number of hydrogen-bond acceptors (Lipinski definition) is 2. The SMILES string of the molecule is Cc1cc(C)c(OCCN(C)Cc2ccccc2)c(Cl)c1. The van der Waals surface area contributed by atoms with Gasteiger partial charge in [-0.15, -0.1) is 0 Å². The lowest BCUT2D eigenvalue weighted by molar-refractivity contribution is 0.232. The van der Waals surface area contributed by atoms with Crippen LogP contribution in [-0.2, 0) is 6.54 Å². The van der Waals surface area contributed by atoms with Gasteiger partial charge in [-0.25, -0.2) is 0 Å². The Morgan fingerprint density at radius 2 is 1.81 bits per heavy atom. The molecule has 0 aliphatic carbocycles. The van der Waals surface area contributed by atoms with Gasteiger partial charge in [0.05, 0.1) is 5.02 Å². The fourth-order valence-corrected chi connectivity index (χ4v) is 2.74. The average Bonchev–Trinajstić information content (AvgIpc) is 2.42. The van der Waals surface area contributed by atoms with Crippen LogP contribution in [0.25, 0.3) is 0 Å². The highest BCUT2D eigenvalue weighted by molar-refractivity contribution is 6.32. The van der Waals surface area contributed by atoms with Crippen molar-refractivity contribution in [3.63, 3.8) is 0 Å². The number of benzene rings is 2. The highest BCUT2D eigenvalue weighted by atomic mass is 35.5. The third-order valence-electron chi connectivity index (χ3n) is 3.39. The first-order valence-corrected chi connectivity index (χ1v) is 7.56. The van der Waals surface area contributed by atoms with Gasteiger partial charge in [-0.1, -0.05) is 48.0 Å². The predicted octanol–water partition coefficient (Wildman–Crippen LogP) is 4.47. The number of likely N-dealkylation sites (N-methyl/N-ethyl adjacent to an activating group) is 1. The molecule has 2 aromatic carbocycles. The molecule has 0 aliphatic heterocycles. The molecule has 0 radical (unpaired) electrons. The summed E-state index contributed by atoms with van der Waals surface area (Å²) in [5.41, 5.74) is 3.56. The Hall–Kier alpha value is -1.51. The van der Waals surface area contributed by atoms with E-state index in [9.17, 15) is 0 Å². The van der Waals surface area contributed by atoms with E-state index in [1.807, 2.05) is 26.0 Å². The maximum absolute atomic E-state index is 6.24. The Morgan fingerprint density at radius 1 is 1.10 bits per heavy atom. The fraction of sp³-hybridized carbons (Fsp3) is 0.333. The molecule has 112 valence electrons. The quantitative estimate of drug-likeness (QED) is 0.781. The summed E-state index contributed by atoms with van der Waals surface area (Å²) in [6.07, 6.45) is 0. The Kier molecular flexibility index (Phi) is 5.66. The fourth-order valence-electron chi connectivity index (χ4n) is 2.36. The van der Waals surface area contributed by atoms with E-state index in [0.29, 0.717) is 11.6 Å². The molecule has 0 amide bonds. The largest absolute Gasteiger partial charge is 0.490 e. The van der Waals surface area contributed by atoms with E-state index in [1.54, 1.807) is 0 Å². The number of rotatable bonds is 6. The molecule has 0 saturated heterocycles. The van der Waals surface area contributed by atoms with Gasteiger partial charge in [-0.3, -0.25) is 4.90 Å². The normalized spacial score (nSPS) is 10.9. The van der Waals surface area contributed by atoms with Gasteiger partial charge in [0.1, 0.15) is 12.4 Å². The summed E-state index contributed by atoms with van der Waals surface area (Å²) in [7, 11) is 2.10. The smallest absolute Gasteiger partial charge is 0.140 e. The zero-order valence-electron chi connectivity index (χ0n) is 12.9. The highest BCUT2D eigenvalue weighted by Gasteiger charge is 2.07. The van der Waals surface area contributed by atoms with Crippen molar-refractivity contribution in [1.82, 2.24) is 4.90 Å². The maximum atomic E-state index is 6.24. The molecule has 0 aromatic heterocycles. The van der Waals surface area contributed by atoms with Crippen LogP contribution in [0.3, 0.4) is 0 Å². The van der Waals surface area contributed by atoms with Crippen molar-refractivity contribution < 1.29 is 4.74 Å². The minimum atomic E-state index is 0.632. The number of nitrogens with zero attached hydrogens (tertiary/aromatic N) is 1. The van der Waals surface area contributed by atoms with Crippen molar-refractivity contribution in [3.8, 4) is 5.75 Å². The van der Waals surface area contributed by atoms with Gasteiger partial charge < -0.3 is 4.74 Å². The molecule has 0 heterocycles. The molecule has 0 aliphatic rings. The predicted molar refractivity (Wildman–Crippen MR) is 89.2 cm³/mol. The minimum Gasteiger partial charge on any atom is -0.490 e. The minimum absolute atomic E-state index is 0.632. The lowest BCUT2D eigenvalue weighted by Crippen LogP contribution is -2.24. The number of halogens is 1. The van der Waals surface area contributed by atoms with Gasteiger partial charge in [0.2, 0.25) is 0 Å². The lowest BCUT2D eigenvalue weighted by atomic mass is 10.1. The van der Waals surface area contributed by atoms with E-state index in [0.717, 1.165) is 30.0 Å². The molecule has 3 heteroatoms. The standard InChI is InChI=1S/C18H22ClNO/c1-14-11-15(2)18(17(19)12-14)21-10-9-20(3)13-16-7-5-4-6-8-16/h4-8,11-12H,9-10,13H2,1-3H3. The van der Waals surface area contributed by atoms with Crippen molar-refractivity contribution in [2.75, 3.05) is 20.2 Å². The molecule has 0 N–H and O–H groups in total. The zero-order valence-corrected chi connectivity index (χ0v) is 13.7. The second kappa shape index (κ2) is 7.48.